The molecule has 2 aromatic rings. The van der Waals surface area contributed by atoms with Gasteiger partial charge in [0, 0.05) is 35.8 Å². The molecule has 1 amide bonds. The monoisotopic (exact) mass is 386 g/mol. The highest BCUT2D eigenvalue weighted by Crippen LogP contribution is 2.34. The summed E-state index contributed by atoms with van der Waals surface area (Å²) >= 11 is 1.82. The summed E-state index contributed by atoms with van der Waals surface area (Å²) in [5, 5.41) is 13.4. The lowest BCUT2D eigenvalue weighted by atomic mass is 10.1. The number of aryl methyl sites for hydroxylation is 1. The molecule has 0 bridgehead atoms. The van der Waals surface area contributed by atoms with Crippen LogP contribution in [0.15, 0.2) is 47.4 Å². The molecule has 1 atom stereocenters. The highest BCUT2D eigenvalue weighted by Gasteiger charge is 2.22. The van der Waals surface area contributed by atoms with E-state index < -0.39 is 6.10 Å². The fraction of sp³-hybridized carbons (Fsp3) is 0.381. The van der Waals surface area contributed by atoms with E-state index in [-0.39, 0.29) is 6.61 Å². The molecule has 3 rings (SSSR count). The number of rotatable bonds is 10. The van der Waals surface area contributed by atoms with Gasteiger partial charge in [0.1, 0.15) is 18.5 Å². The molecule has 1 unspecified atom stereocenters. The standard InChI is InChI=1S/C21H26N2O3S/c1-16-5-2-3-8-21(16)27-12-10-22-13-17(25)14-26-20-7-4-6-19-18(20)9-11-23(19)15-24/h2-8,15,17,22,25H,9-14H2,1H3. The summed E-state index contributed by atoms with van der Waals surface area (Å²) in [6.45, 7) is 4.35. The van der Waals surface area contributed by atoms with Crippen molar-refractivity contribution in [1.82, 2.24) is 5.32 Å². The first-order valence-electron chi connectivity index (χ1n) is 9.23. The number of nitrogens with zero attached hydrogens (tertiary/aromatic N) is 1. The molecule has 0 saturated heterocycles. The Morgan fingerprint density at radius 1 is 1.30 bits per heavy atom. The van der Waals surface area contributed by atoms with Crippen molar-refractivity contribution in [2.45, 2.75) is 24.3 Å². The molecule has 1 aliphatic rings. The van der Waals surface area contributed by atoms with Crippen LogP contribution in [-0.2, 0) is 11.2 Å². The van der Waals surface area contributed by atoms with E-state index in [2.05, 4.69) is 30.4 Å². The van der Waals surface area contributed by atoms with Gasteiger partial charge >= 0.3 is 0 Å². The molecule has 144 valence electrons. The number of benzene rings is 2. The van der Waals surface area contributed by atoms with Crippen molar-refractivity contribution in [2.75, 3.05) is 36.9 Å². The van der Waals surface area contributed by atoms with Gasteiger partial charge in [-0.25, -0.2) is 0 Å². The number of nitrogens with one attached hydrogen (secondary N) is 1. The Labute approximate surface area is 164 Å². The summed E-state index contributed by atoms with van der Waals surface area (Å²) < 4.78 is 5.81. The number of amides is 1. The van der Waals surface area contributed by atoms with Crippen LogP contribution in [0.1, 0.15) is 11.1 Å². The highest BCUT2D eigenvalue weighted by molar-refractivity contribution is 7.99. The van der Waals surface area contributed by atoms with Crippen LogP contribution in [0.25, 0.3) is 0 Å². The first-order valence-corrected chi connectivity index (χ1v) is 10.2. The first-order chi connectivity index (χ1) is 13.2. The van der Waals surface area contributed by atoms with Crippen LogP contribution in [-0.4, -0.2) is 49.6 Å². The Morgan fingerprint density at radius 3 is 2.96 bits per heavy atom. The third-order valence-corrected chi connectivity index (χ3v) is 5.77. The van der Waals surface area contributed by atoms with Gasteiger partial charge in [0.25, 0.3) is 0 Å². The van der Waals surface area contributed by atoms with Gasteiger partial charge in [0.15, 0.2) is 0 Å². The fourth-order valence-electron chi connectivity index (χ4n) is 3.14. The second-order valence-electron chi connectivity index (χ2n) is 6.59. The summed E-state index contributed by atoms with van der Waals surface area (Å²) in [5.74, 6) is 1.71. The van der Waals surface area contributed by atoms with Gasteiger partial charge < -0.3 is 20.1 Å². The summed E-state index contributed by atoms with van der Waals surface area (Å²) in [5.41, 5.74) is 3.24. The summed E-state index contributed by atoms with van der Waals surface area (Å²) in [6.07, 6.45) is 1.06. The number of aliphatic hydroxyl groups excluding tert-OH is 1. The number of carbonyl (C=O) groups is 1. The van der Waals surface area contributed by atoms with Crippen molar-refractivity contribution in [3.63, 3.8) is 0 Å². The van der Waals surface area contributed by atoms with E-state index in [4.69, 9.17) is 4.74 Å². The lowest BCUT2D eigenvalue weighted by molar-refractivity contribution is -0.107. The molecule has 0 fully saturated rings. The molecule has 1 heterocycles. The topological polar surface area (TPSA) is 61.8 Å². The molecule has 2 N–H and O–H groups in total. The van der Waals surface area contributed by atoms with Gasteiger partial charge in [-0.2, -0.15) is 0 Å². The molecule has 5 nitrogen and oxygen atoms in total. The maximum absolute atomic E-state index is 11.1. The van der Waals surface area contributed by atoms with E-state index in [0.717, 1.165) is 42.1 Å². The molecular weight excluding hydrogens is 360 g/mol. The molecular formula is C21H26N2O3S. The number of carbonyl (C=O) groups excluding carboxylic acids is 1. The summed E-state index contributed by atoms with van der Waals surface area (Å²) in [4.78, 5) is 14.0. The van der Waals surface area contributed by atoms with E-state index in [0.29, 0.717) is 13.1 Å². The smallest absolute Gasteiger partial charge is 0.214 e. The second kappa shape index (κ2) is 9.78. The maximum atomic E-state index is 11.1. The zero-order valence-corrected chi connectivity index (χ0v) is 16.4. The van der Waals surface area contributed by atoms with Crippen molar-refractivity contribution in [1.29, 1.82) is 0 Å². The number of anilines is 1. The van der Waals surface area contributed by atoms with Crippen LogP contribution < -0.4 is 15.0 Å². The van der Waals surface area contributed by atoms with E-state index in [1.165, 1.54) is 10.5 Å². The predicted octanol–water partition coefficient (Wildman–Crippen LogP) is 2.64. The van der Waals surface area contributed by atoms with Gasteiger partial charge in [0.2, 0.25) is 6.41 Å². The number of fused-ring (bicyclic) bond motifs is 1. The van der Waals surface area contributed by atoms with Crippen LogP contribution in [0, 0.1) is 6.92 Å². The number of hydrogen-bond donors (Lipinski definition) is 2. The lowest BCUT2D eigenvalue weighted by Crippen LogP contribution is -2.32. The van der Waals surface area contributed by atoms with Gasteiger partial charge in [-0.1, -0.05) is 24.3 Å². The van der Waals surface area contributed by atoms with Crippen molar-refractivity contribution >= 4 is 23.9 Å². The Bertz CT molecular complexity index is 769. The van der Waals surface area contributed by atoms with E-state index in [9.17, 15) is 9.90 Å². The zero-order valence-electron chi connectivity index (χ0n) is 15.6. The molecule has 0 spiro atoms. The second-order valence-corrected chi connectivity index (χ2v) is 7.72. The third-order valence-electron chi connectivity index (χ3n) is 4.59. The zero-order chi connectivity index (χ0) is 19.1. The Hall–Kier alpha value is -2.02. The Morgan fingerprint density at radius 2 is 2.15 bits per heavy atom. The van der Waals surface area contributed by atoms with Gasteiger partial charge in [-0.3, -0.25) is 4.79 Å². The molecule has 27 heavy (non-hydrogen) atoms. The average molecular weight is 387 g/mol. The fourth-order valence-corrected chi connectivity index (χ4v) is 4.07. The van der Waals surface area contributed by atoms with Crippen molar-refractivity contribution in [2.24, 2.45) is 0 Å². The Kier molecular flexibility index (Phi) is 7.15. The minimum absolute atomic E-state index is 0.232. The number of hydrogen-bond acceptors (Lipinski definition) is 5. The van der Waals surface area contributed by atoms with Crippen LogP contribution in [0.3, 0.4) is 0 Å². The number of thioether (sulfide) groups is 1. The van der Waals surface area contributed by atoms with Crippen LogP contribution in [0.5, 0.6) is 5.75 Å². The predicted molar refractivity (Wildman–Crippen MR) is 110 cm³/mol. The summed E-state index contributed by atoms with van der Waals surface area (Å²) in [7, 11) is 0. The van der Waals surface area contributed by atoms with Crippen molar-refractivity contribution in [3.8, 4) is 5.75 Å². The van der Waals surface area contributed by atoms with Gasteiger partial charge in [0.05, 0.1) is 5.69 Å². The quantitative estimate of drug-likeness (QED) is 0.373. The van der Waals surface area contributed by atoms with E-state index in [1.54, 1.807) is 4.90 Å². The molecule has 2 aromatic carbocycles. The molecule has 1 aliphatic heterocycles. The molecule has 0 saturated carbocycles. The van der Waals surface area contributed by atoms with Crippen LogP contribution >= 0.6 is 11.8 Å². The number of aliphatic hydroxyl groups is 1. The van der Waals surface area contributed by atoms with Crippen LogP contribution in [0.4, 0.5) is 5.69 Å². The maximum Gasteiger partial charge on any atom is 0.214 e. The lowest BCUT2D eigenvalue weighted by Gasteiger charge is -2.16. The number of ether oxygens (including phenoxy) is 1. The minimum Gasteiger partial charge on any atom is -0.490 e. The van der Waals surface area contributed by atoms with Crippen molar-refractivity contribution < 1.29 is 14.6 Å². The molecule has 0 radical (unpaired) electrons. The largest absolute Gasteiger partial charge is 0.490 e. The highest BCUT2D eigenvalue weighted by atomic mass is 32.2. The molecule has 0 aromatic heterocycles. The molecule has 6 heteroatoms. The van der Waals surface area contributed by atoms with E-state index in [1.807, 2.05) is 36.0 Å². The molecule has 0 aliphatic carbocycles. The first kappa shape index (κ1) is 19.7. The van der Waals surface area contributed by atoms with E-state index >= 15 is 0 Å². The normalized spacial score (nSPS) is 14.1. The SMILES string of the molecule is Cc1ccccc1SCCNCC(O)COc1cccc2c1CCN2C=O. The van der Waals surface area contributed by atoms with Gasteiger partial charge in [-0.15, -0.1) is 11.8 Å². The van der Waals surface area contributed by atoms with Crippen molar-refractivity contribution in [3.05, 3.63) is 53.6 Å². The van der Waals surface area contributed by atoms with Crippen LogP contribution in [0.2, 0.25) is 0 Å². The average Bonchev–Trinajstić information content (AvgIpc) is 3.11. The third kappa shape index (κ3) is 5.25. The van der Waals surface area contributed by atoms with Gasteiger partial charge in [-0.05, 0) is 37.1 Å². The minimum atomic E-state index is -0.576. The Balaban J connectivity index is 1.37. The summed E-state index contributed by atoms with van der Waals surface area (Å²) in [6, 6.07) is 14.0.